The third kappa shape index (κ3) is 4.05. The molecule has 7 heteroatoms. The molecule has 0 unspecified atom stereocenters. The molecule has 0 aliphatic carbocycles. The lowest BCUT2D eigenvalue weighted by atomic mass is 10.2. The van der Waals surface area contributed by atoms with Crippen LogP contribution in [0.1, 0.15) is 5.56 Å². The zero-order valence-corrected chi connectivity index (χ0v) is 17.0. The fraction of sp³-hybridized carbons (Fsp3) is 0.143. The minimum Gasteiger partial charge on any atom is -0.493 e. The highest BCUT2D eigenvalue weighted by molar-refractivity contribution is 8.00. The van der Waals surface area contributed by atoms with Crippen molar-refractivity contribution in [2.45, 2.75) is 11.8 Å². The summed E-state index contributed by atoms with van der Waals surface area (Å²) in [6, 6.07) is 15.8. The second-order valence-corrected chi connectivity index (χ2v) is 8.08. The van der Waals surface area contributed by atoms with E-state index in [-0.39, 0.29) is 5.91 Å². The Morgan fingerprint density at radius 1 is 1.25 bits per heavy atom. The van der Waals surface area contributed by atoms with Gasteiger partial charge in [-0.25, -0.2) is 4.98 Å². The van der Waals surface area contributed by atoms with E-state index in [9.17, 15) is 4.79 Å². The van der Waals surface area contributed by atoms with E-state index < -0.39 is 0 Å². The van der Waals surface area contributed by atoms with Crippen LogP contribution >= 0.6 is 23.1 Å². The molecule has 4 aromatic rings. The molecular weight excluding hydrogens is 392 g/mol. The van der Waals surface area contributed by atoms with Crippen LogP contribution in [0.15, 0.2) is 63.2 Å². The number of furan rings is 1. The molecule has 142 valence electrons. The minimum atomic E-state index is -0.0854. The number of aromatic nitrogens is 1. The van der Waals surface area contributed by atoms with Gasteiger partial charge in [0.2, 0.25) is 5.91 Å². The maximum atomic E-state index is 12.2. The van der Waals surface area contributed by atoms with Crippen molar-refractivity contribution in [2.75, 3.05) is 18.2 Å². The van der Waals surface area contributed by atoms with Crippen molar-refractivity contribution >= 4 is 45.1 Å². The summed E-state index contributed by atoms with van der Waals surface area (Å²) < 4.78 is 11.2. The van der Waals surface area contributed by atoms with Gasteiger partial charge in [-0.2, -0.15) is 0 Å². The number of para-hydroxylation sites is 1. The molecule has 0 aliphatic heterocycles. The van der Waals surface area contributed by atoms with E-state index in [0.717, 1.165) is 10.3 Å². The number of nitrogens with one attached hydrogen (secondary N) is 1. The molecule has 2 aromatic carbocycles. The third-order valence-electron chi connectivity index (χ3n) is 4.12. The Morgan fingerprint density at radius 2 is 2.07 bits per heavy atom. The smallest absolute Gasteiger partial charge is 0.236 e. The van der Waals surface area contributed by atoms with Crippen molar-refractivity contribution in [2.24, 2.45) is 0 Å². The predicted molar refractivity (Wildman–Crippen MR) is 114 cm³/mol. The minimum absolute atomic E-state index is 0.0854. The number of carbonyl (C=O) groups is 1. The summed E-state index contributed by atoms with van der Waals surface area (Å²) in [6.07, 6.45) is 0. The van der Waals surface area contributed by atoms with Gasteiger partial charge in [0.1, 0.15) is 5.69 Å². The first-order valence-corrected chi connectivity index (χ1v) is 10.5. The average molecular weight is 411 g/mol. The first kappa shape index (κ1) is 18.6. The first-order chi connectivity index (χ1) is 13.6. The summed E-state index contributed by atoms with van der Waals surface area (Å²) in [5.41, 5.74) is 2.57. The van der Waals surface area contributed by atoms with Crippen LogP contribution in [0.25, 0.3) is 22.4 Å². The Balaban J connectivity index is 1.42. The lowest BCUT2D eigenvalue weighted by Crippen LogP contribution is -2.13. The fourth-order valence-corrected chi connectivity index (χ4v) is 4.12. The van der Waals surface area contributed by atoms with Crippen LogP contribution in [0.2, 0.25) is 0 Å². The number of fused-ring (bicyclic) bond motifs is 1. The number of ether oxygens (including phenoxy) is 1. The lowest BCUT2D eigenvalue weighted by molar-refractivity contribution is -0.113. The zero-order valence-electron chi connectivity index (χ0n) is 15.4. The van der Waals surface area contributed by atoms with E-state index in [1.54, 1.807) is 7.11 Å². The maximum Gasteiger partial charge on any atom is 0.236 e. The SMILES string of the molecule is COc1cccc2cc(-c3csc(NC(=O)CSc4ccc(C)cc4)n3)oc12. The highest BCUT2D eigenvalue weighted by Crippen LogP contribution is 2.34. The fourth-order valence-electron chi connectivity index (χ4n) is 2.71. The summed E-state index contributed by atoms with van der Waals surface area (Å²) in [7, 11) is 1.61. The highest BCUT2D eigenvalue weighted by atomic mass is 32.2. The Hall–Kier alpha value is -2.77. The molecular formula is C21H18N2O3S2. The van der Waals surface area contributed by atoms with Gasteiger partial charge in [-0.1, -0.05) is 29.8 Å². The second kappa shape index (κ2) is 8.08. The Kier molecular flexibility index (Phi) is 5.36. The normalized spacial score (nSPS) is 10.9. The van der Waals surface area contributed by atoms with Crippen molar-refractivity contribution in [3.05, 3.63) is 59.5 Å². The average Bonchev–Trinajstić information content (AvgIpc) is 3.34. The molecule has 1 N–H and O–H groups in total. The molecule has 0 saturated carbocycles. The summed E-state index contributed by atoms with van der Waals surface area (Å²) >= 11 is 2.87. The van der Waals surface area contributed by atoms with Crippen LogP contribution in [0, 0.1) is 6.92 Å². The lowest BCUT2D eigenvalue weighted by Gasteiger charge is -2.02. The van der Waals surface area contributed by atoms with E-state index in [0.29, 0.717) is 33.7 Å². The van der Waals surface area contributed by atoms with Gasteiger partial charge < -0.3 is 14.5 Å². The first-order valence-electron chi connectivity index (χ1n) is 8.64. The molecule has 0 bridgehead atoms. The van der Waals surface area contributed by atoms with Gasteiger partial charge in [0.15, 0.2) is 22.2 Å². The van der Waals surface area contributed by atoms with Crippen molar-refractivity contribution in [1.82, 2.24) is 4.98 Å². The number of nitrogens with zero attached hydrogens (tertiary/aromatic N) is 1. The molecule has 5 nitrogen and oxygen atoms in total. The van der Waals surface area contributed by atoms with Gasteiger partial charge in [-0.15, -0.1) is 23.1 Å². The van der Waals surface area contributed by atoms with Crippen molar-refractivity contribution in [3.63, 3.8) is 0 Å². The number of hydrogen-bond donors (Lipinski definition) is 1. The van der Waals surface area contributed by atoms with Crippen molar-refractivity contribution < 1.29 is 13.9 Å². The second-order valence-electron chi connectivity index (χ2n) is 6.18. The van der Waals surface area contributed by atoms with Gasteiger partial charge in [0, 0.05) is 15.7 Å². The molecule has 1 amide bonds. The van der Waals surface area contributed by atoms with E-state index >= 15 is 0 Å². The van der Waals surface area contributed by atoms with E-state index in [2.05, 4.69) is 10.3 Å². The standard InChI is InChI=1S/C21H18N2O3S2/c1-13-6-8-15(9-7-13)27-12-19(24)23-21-22-16(11-28-21)18-10-14-4-3-5-17(25-2)20(14)26-18/h3-11H,12H2,1-2H3,(H,22,23,24). The number of benzene rings is 2. The van der Waals surface area contributed by atoms with Crippen molar-refractivity contribution in [1.29, 1.82) is 0 Å². The zero-order chi connectivity index (χ0) is 19.5. The molecule has 0 radical (unpaired) electrons. The quantitative estimate of drug-likeness (QED) is 0.419. The molecule has 2 heterocycles. The maximum absolute atomic E-state index is 12.2. The molecule has 0 fully saturated rings. The van der Waals surface area contributed by atoms with Crippen LogP contribution < -0.4 is 10.1 Å². The Morgan fingerprint density at radius 3 is 2.86 bits per heavy atom. The number of hydrogen-bond acceptors (Lipinski definition) is 6. The molecule has 28 heavy (non-hydrogen) atoms. The van der Waals surface area contributed by atoms with Gasteiger partial charge in [0.25, 0.3) is 0 Å². The van der Waals surface area contributed by atoms with Crippen LogP contribution in [-0.4, -0.2) is 23.8 Å². The van der Waals surface area contributed by atoms with Gasteiger partial charge in [0.05, 0.1) is 12.9 Å². The van der Waals surface area contributed by atoms with Crippen LogP contribution in [-0.2, 0) is 4.79 Å². The largest absolute Gasteiger partial charge is 0.493 e. The monoisotopic (exact) mass is 410 g/mol. The third-order valence-corrected chi connectivity index (χ3v) is 5.89. The Labute approximate surface area is 170 Å². The van der Waals surface area contributed by atoms with E-state index in [1.165, 1.54) is 28.7 Å². The molecule has 2 aromatic heterocycles. The number of anilines is 1. The number of carbonyl (C=O) groups excluding carboxylic acids is 1. The Bertz CT molecular complexity index is 1120. The van der Waals surface area contributed by atoms with Crippen LogP contribution in [0.3, 0.4) is 0 Å². The number of thioether (sulfide) groups is 1. The topological polar surface area (TPSA) is 64.4 Å². The van der Waals surface area contributed by atoms with E-state index in [4.69, 9.17) is 9.15 Å². The van der Waals surface area contributed by atoms with Gasteiger partial charge >= 0.3 is 0 Å². The van der Waals surface area contributed by atoms with Gasteiger partial charge in [-0.3, -0.25) is 4.79 Å². The number of thiazole rings is 1. The van der Waals surface area contributed by atoms with Crippen LogP contribution in [0.5, 0.6) is 5.75 Å². The number of aryl methyl sites for hydroxylation is 1. The van der Waals surface area contributed by atoms with Crippen LogP contribution in [0.4, 0.5) is 5.13 Å². The molecule has 0 spiro atoms. The number of rotatable bonds is 6. The molecule has 4 rings (SSSR count). The van der Waals surface area contributed by atoms with Gasteiger partial charge in [-0.05, 0) is 31.2 Å². The number of methoxy groups -OCH3 is 1. The van der Waals surface area contributed by atoms with Crippen molar-refractivity contribution in [3.8, 4) is 17.2 Å². The summed E-state index contributed by atoms with van der Waals surface area (Å²) in [5, 5.41) is 6.22. The van der Waals surface area contributed by atoms with E-state index in [1.807, 2.05) is 60.8 Å². The highest BCUT2D eigenvalue weighted by Gasteiger charge is 2.14. The predicted octanol–water partition coefficient (Wildman–Crippen LogP) is 5.60. The molecule has 0 atom stereocenters. The summed E-state index contributed by atoms with van der Waals surface area (Å²) in [4.78, 5) is 17.8. The summed E-state index contributed by atoms with van der Waals surface area (Å²) in [6.45, 7) is 2.04. The summed E-state index contributed by atoms with van der Waals surface area (Å²) in [5.74, 6) is 1.57. The number of amides is 1. The molecule has 0 aliphatic rings. The molecule has 0 saturated heterocycles.